The van der Waals surface area contributed by atoms with Crippen LogP contribution in [-0.2, 0) is 9.47 Å². The van der Waals surface area contributed by atoms with Crippen LogP contribution in [0, 0.1) is 5.92 Å². The van der Waals surface area contributed by atoms with Crippen LogP contribution in [0.25, 0.3) is 0 Å². The summed E-state index contributed by atoms with van der Waals surface area (Å²) < 4.78 is 11.1. The summed E-state index contributed by atoms with van der Waals surface area (Å²) in [5.41, 5.74) is 8.06. The molecule has 8 nitrogen and oxygen atoms in total. The zero-order valence-corrected chi connectivity index (χ0v) is 16.4. The van der Waals surface area contributed by atoms with Gasteiger partial charge in [-0.25, -0.2) is 15.4 Å². The first-order valence-corrected chi connectivity index (χ1v) is 10.1. The van der Waals surface area contributed by atoms with Gasteiger partial charge >= 0.3 is 0 Å². The Balaban J connectivity index is 1.42. The molecule has 1 saturated carbocycles. The van der Waals surface area contributed by atoms with Crippen LogP contribution in [0.4, 0.5) is 5.82 Å². The van der Waals surface area contributed by atoms with Crippen LogP contribution in [0.2, 0.25) is 0 Å². The predicted molar refractivity (Wildman–Crippen MR) is 103 cm³/mol. The Kier molecular flexibility index (Phi) is 6.19. The lowest BCUT2D eigenvalue weighted by Crippen LogP contribution is -2.44. The Morgan fingerprint density at radius 1 is 1.11 bits per heavy atom. The zero-order valence-electron chi connectivity index (χ0n) is 16.4. The molecule has 0 bridgehead atoms. The first-order valence-electron chi connectivity index (χ1n) is 10.1. The van der Waals surface area contributed by atoms with Crippen molar-refractivity contribution >= 4 is 5.82 Å². The summed E-state index contributed by atoms with van der Waals surface area (Å²) in [5.74, 6) is 1.53. The molecule has 2 saturated heterocycles. The molecular formula is C19H32N6O2. The molecule has 4 atom stereocenters. The van der Waals surface area contributed by atoms with Crippen molar-refractivity contribution in [3.8, 4) is 0 Å². The number of nitrogens with one attached hydrogen (secondary N) is 2. The molecule has 2 aliphatic heterocycles. The van der Waals surface area contributed by atoms with E-state index in [4.69, 9.17) is 9.47 Å². The van der Waals surface area contributed by atoms with Crippen LogP contribution in [0.1, 0.15) is 31.0 Å². The average Bonchev–Trinajstić information content (AvgIpc) is 3.12. The zero-order chi connectivity index (χ0) is 18.6. The van der Waals surface area contributed by atoms with E-state index in [1.54, 1.807) is 13.4 Å². The number of likely N-dealkylation sites (N-methyl/N-ethyl adjacent to an activating group) is 1. The Labute approximate surface area is 161 Å². The summed E-state index contributed by atoms with van der Waals surface area (Å²) >= 11 is 0. The maximum absolute atomic E-state index is 6.02. The lowest BCUT2D eigenvalue weighted by molar-refractivity contribution is -0.0151. The van der Waals surface area contributed by atoms with Crippen molar-refractivity contribution in [2.24, 2.45) is 5.92 Å². The molecule has 4 unspecified atom stereocenters. The van der Waals surface area contributed by atoms with E-state index in [1.807, 2.05) is 0 Å². The number of fused-ring (bicyclic) bond motifs is 1. The van der Waals surface area contributed by atoms with Gasteiger partial charge in [-0.05, 0) is 26.3 Å². The summed E-state index contributed by atoms with van der Waals surface area (Å²) in [6.45, 7) is 5.52. The maximum atomic E-state index is 6.02. The maximum Gasteiger partial charge on any atom is 0.132 e. The molecule has 1 aliphatic carbocycles. The fourth-order valence-corrected chi connectivity index (χ4v) is 4.50. The smallest absolute Gasteiger partial charge is 0.132 e. The van der Waals surface area contributed by atoms with Crippen LogP contribution in [0.5, 0.6) is 0 Å². The summed E-state index contributed by atoms with van der Waals surface area (Å²) in [6.07, 6.45) is 5.30. The largest absolute Gasteiger partial charge is 0.382 e. The van der Waals surface area contributed by atoms with E-state index in [0.29, 0.717) is 31.3 Å². The standard InChI is InChI=1S/C19H32N6O2/c1-24-5-7-25(8-6-24)18-12-17(20-13-21-18)19-15-11-14(27-10-9-26-2)3-4-16(15)22-23-19/h12-16,19,22-23H,3-11H2,1-2H3. The Bertz CT molecular complexity index is 610. The topological polar surface area (TPSA) is 74.8 Å². The van der Waals surface area contributed by atoms with Gasteiger partial charge in [0.15, 0.2) is 0 Å². The van der Waals surface area contributed by atoms with E-state index >= 15 is 0 Å². The minimum atomic E-state index is 0.207. The molecule has 3 heterocycles. The molecule has 150 valence electrons. The van der Waals surface area contributed by atoms with Gasteiger partial charge in [0.2, 0.25) is 0 Å². The van der Waals surface area contributed by atoms with Crippen molar-refractivity contribution in [3.63, 3.8) is 0 Å². The summed E-state index contributed by atoms with van der Waals surface area (Å²) in [5, 5.41) is 0. The Morgan fingerprint density at radius 3 is 2.78 bits per heavy atom. The number of aromatic nitrogens is 2. The third kappa shape index (κ3) is 4.41. The Morgan fingerprint density at radius 2 is 1.96 bits per heavy atom. The number of hydrazine groups is 1. The second kappa shape index (κ2) is 8.79. The van der Waals surface area contributed by atoms with Crippen LogP contribution in [-0.4, -0.2) is 80.6 Å². The van der Waals surface area contributed by atoms with E-state index in [9.17, 15) is 0 Å². The SMILES string of the molecule is COCCOC1CCC2NNC(c3cc(N4CCN(C)CC4)ncn3)C2C1. The highest BCUT2D eigenvalue weighted by Crippen LogP contribution is 2.38. The molecule has 1 aromatic rings. The highest BCUT2D eigenvalue weighted by molar-refractivity contribution is 5.40. The van der Waals surface area contributed by atoms with Gasteiger partial charge in [-0.3, -0.25) is 5.43 Å². The predicted octanol–water partition coefficient (Wildman–Crippen LogP) is 0.578. The van der Waals surface area contributed by atoms with Gasteiger partial charge in [0.05, 0.1) is 31.1 Å². The fraction of sp³-hybridized carbons (Fsp3) is 0.789. The van der Waals surface area contributed by atoms with Crippen LogP contribution < -0.4 is 15.8 Å². The number of rotatable bonds is 6. The van der Waals surface area contributed by atoms with Gasteiger partial charge in [-0.1, -0.05) is 0 Å². The van der Waals surface area contributed by atoms with E-state index in [0.717, 1.165) is 57.0 Å². The van der Waals surface area contributed by atoms with E-state index in [1.165, 1.54) is 0 Å². The lowest BCUT2D eigenvalue weighted by atomic mass is 9.79. The number of methoxy groups -OCH3 is 1. The number of hydrogen-bond acceptors (Lipinski definition) is 8. The van der Waals surface area contributed by atoms with Gasteiger partial charge in [0, 0.05) is 51.3 Å². The molecular weight excluding hydrogens is 344 g/mol. The van der Waals surface area contributed by atoms with Crippen LogP contribution in [0.3, 0.4) is 0 Å². The normalized spacial score (nSPS) is 31.9. The number of anilines is 1. The van der Waals surface area contributed by atoms with Crippen molar-refractivity contribution in [1.82, 2.24) is 25.7 Å². The molecule has 27 heavy (non-hydrogen) atoms. The number of ether oxygens (including phenoxy) is 2. The first-order chi connectivity index (χ1) is 13.2. The highest BCUT2D eigenvalue weighted by atomic mass is 16.5. The van der Waals surface area contributed by atoms with Crippen molar-refractivity contribution in [1.29, 1.82) is 0 Å². The van der Waals surface area contributed by atoms with Crippen molar-refractivity contribution in [2.75, 3.05) is 58.5 Å². The van der Waals surface area contributed by atoms with Gasteiger partial charge in [0.25, 0.3) is 0 Å². The summed E-state index contributed by atoms with van der Waals surface area (Å²) in [7, 11) is 3.89. The molecule has 3 aliphatic rings. The minimum absolute atomic E-state index is 0.207. The van der Waals surface area contributed by atoms with Gasteiger partial charge in [-0.2, -0.15) is 0 Å². The Hall–Kier alpha value is -1.32. The van der Waals surface area contributed by atoms with Crippen molar-refractivity contribution in [2.45, 2.75) is 37.5 Å². The molecule has 2 N–H and O–H groups in total. The molecule has 1 aromatic heterocycles. The first kappa shape index (κ1) is 19.0. The average molecular weight is 377 g/mol. The van der Waals surface area contributed by atoms with Crippen LogP contribution in [0.15, 0.2) is 12.4 Å². The molecule has 0 spiro atoms. The van der Waals surface area contributed by atoms with Gasteiger partial charge in [0.1, 0.15) is 12.1 Å². The summed E-state index contributed by atoms with van der Waals surface area (Å²) in [4.78, 5) is 13.9. The number of hydrogen-bond donors (Lipinski definition) is 2. The molecule has 0 amide bonds. The minimum Gasteiger partial charge on any atom is -0.382 e. The molecule has 0 aromatic carbocycles. The quantitative estimate of drug-likeness (QED) is 0.699. The number of piperazine rings is 1. The van der Waals surface area contributed by atoms with Gasteiger partial charge in [-0.15, -0.1) is 0 Å². The number of nitrogens with zero attached hydrogens (tertiary/aromatic N) is 4. The van der Waals surface area contributed by atoms with E-state index in [-0.39, 0.29) is 6.04 Å². The van der Waals surface area contributed by atoms with Crippen LogP contribution >= 0.6 is 0 Å². The third-order valence-electron chi connectivity index (χ3n) is 6.16. The fourth-order valence-electron chi connectivity index (χ4n) is 4.50. The molecule has 8 heteroatoms. The molecule has 3 fully saturated rings. The summed E-state index contributed by atoms with van der Waals surface area (Å²) in [6, 6.07) is 2.86. The van der Waals surface area contributed by atoms with Gasteiger partial charge < -0.3 is 19.3 Å². The van der Waals surface area contributed by atoms with E-state index < -0.39 is 0 Å². The van der Waals surface area contributed by atoms with Crippen molar-refractivity contribution in [3.05, 3.63) is 18.1 Å². The monoisotopic (exact) mass is 376 g/mol. The second-order valence-electron chi connectivity index (χ2n) is 7.93. The lowest BCUT2D eigenvalue weighted by Gasteiger charge is -2.34. The second-order valence-corrected chi connectivity index (χ2v) is 7.93. The molecule has 4 rings (SSSR count). The third-order valence-corrected chi connectivity index (χ3v) is 6.16. The highest BCUT2D eigenvalue weighted by Gasteiger charge is 2.42. The van der Waals surface area contributed by atoms with Crippen molar-refractivity contribution < 1.29 is 9.47 Å². The molecule has 0 radical (unpaired) electrons. The van der Waals surface area contributed by atoms with E-state index in [2.05, 4.69) is 43.7 Å².